The van der Waals surface area contributed by atoms with Gasteiger partial charge >= 0.3 is 6.09 Å². The molecule has 2 atom stereocenters. The van der Waals surface area contributed by atoms with Crippen molar-refractivity contribution in [3.8, 4) is 11.5 Å². The number of ether oxygens (including phenoxy) is 3. The van der Waals surface area contributed by atoms with Crippen LogP contribution in [0.4, 0.5) is 4.79 Å². The number of hydrogen-bond acceptors (Lipinski definition) is 8. The normalized spacial score (nSPS) is 16.8. The summed E-state index contributed by atoms with van der Waals surface area (Å²) in [5, 5.41) is 0. The minimum atomic E-state index is -0.574. The monoisotopic (exact) mass is 765 g/mol. The maximum Gasteiger partial charge on any atom is 0.410 e. The summed E-state index contributed by atoms with van der Waals surface area (Å²) in [6.07, 6.45) is 9.52. The molecule has 53 heavy (non-hydrogen) atoms. The van der Waals surface area contributed by atoms with E-state index in [4.69, 9.17) is 14.2 Å². The number of pyridine rings is 2. The zero-order chi connectivity index (χ0) is 36.1. The maximum atomic E-state index is 13.1. The van der Waals surface area contributed by atoms with E-state index in [1.807, 2.05) is 92.4 Å². The molecule has 0 N–H and O–H groups in total. The lowest BCUT2D eigenvalue weighted by Gasteiger charge is -2.41. The molecule has 2 aromatic heterocycles. The summed E-state index contributed by atoms with van der Waals surface area (Å²) in [7, 11) is 0. The van der Waals surface area contributed by atoms with Crippen molar-refractivity contribution in [1.29, 1.82) is 0 Å². The van der Waals surface area contributed by atoms with Gasteiger partial charge in [0.2, 0.25) is 0 Å². The van der Waals surface area contributed by atoms with Crippen molar-refractivity contribution in [2.24, 2.45) is 0 Å². The van der Waals surface area contributed by atoms with E-state index in [1.54, 1.807) is 52.8 Å². The summed E-state index contributed by atoms with van der Waals surface area (Å²) < 4.78 is 17.2. The Bertz CT molecular complexity index is 1680. The lowest BCUT2D eigenvalue weighted by Crippen LogP contribution is -2.59. The third kappa shape index (κ3) is 12.9. The van der Waals surface area contributed by atoms with Crippen molar-refractivity contribution in [3.63, 3.8) is 0 Å². The van der Waals surface area contributed by atoms with E-state index in [-0.39, 0.29) is 61.4 Å². The highest BCUT2D eigenvalue weighted by molar-refractivity contribution is 5.95. The number of amides is 3. The molecular formula is C40H49Cl2N5O6. The Morgan fingerprint density at radius 1 is 0.660 bits per heavy atom. The van der Waals surface area contributed by atoms with Crippen LogP contribution in [0.15, 0.2) is 110 Å². The van der Waals surface area contributed by atoms with Gasteiger partial charge in [-0.05, 0) is 88.6 Å². The number of hydrogen-bond donors (Lipinski definition) is 0. The molecule has 13 heteroatoms. The van der Waals surface area contributed by atoms with Crippen molar-refractivity contribution in [2.45, 2.75) is 57.7 Å². The van der Waals surface area contributed by atoms with Gasteiger partial charge in [-0.3, -0.25) is 19.6 Å². The zero-order valence-electron chi connectivity index (χ0n) is 30.4. The van der Waals surface area contributed by atoms with E-state index in [1.165, 1.54) is 0 Å². The number of likely N-dealkylation sites (tertiary alicyclic amines) is 1. The van der Waals surface area contributed by atoms with Gasteiger partial charge in [0.05, 0.1) is 24.5 Å². The molecule has 2 aliphatic rings. The van der Waals surface area contributed by atoms with Gasteiger partial charge in [0.15, 0.2) is 0 Å². The second kappa shape index (κ2) is 21.0. The van der Waals surface area contributed by atoms with Crippen molar-refractivity contribution < 1.29 is 28.6 Å². The van der Waals surface area contributed by atoms with Crippen molar-refractivity contribution in [3.05, 3.63) is 121 Å². The number of halogens is 2. The van der Waals surface area contributed by atoms with Crippen LogP contribution in [-0.2, 0) is 4.74 Å². The maximum absolute atomic E-state index is 13.1. The summed E-state index contributed by atoms with van der Waals surface area (Å²) in [5.74, 6) is 1.39. The molecule has 2 fully saturated rings. The van der Waals surface area contributed by atoms with Gasteiger partial charge in [-0.2, -0.15) is 0 Å². The largest absolute Gasteiger partial charge is 0.490 e. The molecule has 11 nitrogen and oxygen atoms in total. The SMILES string of the molecule is CC(C)(C)OC(=O)N1CCN(C(=O)c2ccccc2)C(COc2cccnc2)C1.Cl.Cl.O=C(c1ccccc1)N1CCCCC1COc1cccnc1. The van der Waals surface area contributed by atoms with Gasteiger partial charge in [0.1, 0.15) is 30.3 Å². The molecule has 0 saturated carbocycles. The highest BCUT2D eigenvalue weighted by atomic mass is 35.5. The van der Waals surface area contributed by atoms with Crippen LogP contribution in [0, 0.1) is 0 Å². The lowest BCUT2D eigenvalue weighted by molar-refractivity contribution is -0.000951. The minimum absolute atomic E-state index is 0. The first-order valence-corrected chi connectivity index (χ1v) is 17.4. The second-order valence-electron chi connectivity index (χ2n) is 13.5. The van der Waals surface area contributed by atoms with Gasteiger partial charge in [0.25, 0.3) is 11.8 Å². The highest BCUT2D eigenvalue weighted by Gasteiger charge is 2.35. The Morgan fingerprint density at radius 2 is 1.17 bits per heavy atom. The Labute approximate surface area is 324 Å². The van der Waals surface area contributed by atoms with Crippen LogP contribution in [0.2, 0.25) is 0 Å². The predicted molar refractivity (Wildman–Crippen MR) is 208 cm³/mol. The fraction of sp³-hybridized carbons (Fsp3) is 0.375. The Kier molecular flexibility index (Phi) is 16.8. The number of piperazine rings is 1. The summed E-state index contributed by atoms with van der Waals surface area (Å²) in [4.78, 5) is 51.7. The summed E-state index contributed by atoms with van der Waals surface area (Å²) in [5.41, 5.74) is 0.788. The fourth-order valence-electron chi connectivity index (χ4n) is 5.94. The molecule has 2 saturated heterocycles. The number of piperidine rings is 1. The molecular weight excluding hydrogens is 717 g/mol. The molecule has 0 aliphatic carbocycles. The predicted octanol–water partition coefficient (Wildman–Crippen LogP) is 7.22. The average Bonchev–Trinajstić information content (AvgIpc) is 3.17. The Morgan fingerprint density at radius 3 is 1.66 bits per heavy atom. The molecule has 284 valence electrons. The standard InChI is InChI=1S/C22H27N3O4.C18H20N2O2.2ClH/c1-22(2,3)29-21(27)24-12-13-25(20(26)17-8-5-4-6-9-17)18(15-24)16-28-19-10-7-11-23-14-19;21-18(15-7-2-1-3-8-15)20-12-5-4-9-16(20)14-22-17-10-6-11-19-13-17;;/h4-11,14,18H,12-13,15-16H2,1-3H3;1-3,6-8,10-11,13,16H,4-5,9,12,14H2;2*1H. The molecule has 4 heterocycles. The first kappa shape index (κ1) is 42.5. The third-order valence-electron chi connectivity index (χ3n) is 8.48. The quantitative estimate of drug-likeness (QED) is 0.185. The molecule has 4 aromatic rings. The number of carbonyl (C=O) groups excluding carboxylic acids is 3. The number of aromatic nitrogens is 2. The number of nitrogens with zero attached hydrogens (tertiary/aromatic N) is 5. The second-order valence-corrected chi connectivity index (χ2v) is 13.5. The Balaban J connectivity index is 0.000000284. The third-order valence-corrected chi connectivity index (χ3v) is 8.48. The molecule has 0 spiro atoms. The van der Waals surface area contributed by atoms with E-state index in [9.17, 15) is 14.4 Å². The molecule has 6 rings (SSSR count). The molecule has 3 amide bonds. The highest BCUT2D eigenvalue weighted by Crippen LogP contribution is 2.22. The van der Waals surface area contributed by atoms with Crippen LogP contribution in [0.25, 0.3) is 0 Å². The number of rotatable bonds is 8. The van der Waals surface area contributed by atoms with Crippen molar-refractivity contribution in [1.82, 2.24) is 24.7 Å². The topological polar surface area (TPSA) is 114 Å². The van der Waals surface area contributed by atoms with Crippen LogP contribution >= 0.6 is 24.8 Å². The number of benzene rings is 2. The molecule has 2 aromatic carbocycles. The fourth-order valence-corrected chi connectivity index (χ4v) is 5.94. The van der Waals surface area contributed by atoms with E-state index < -0.39 is 5.60 Å². The molecule has 2 aliphatic heterocycles. The van der Waals surface area contributed by atoms with E-state index >= 15 is 0 Å². The van der Waals surface area contributed by atoms with E-state index in [0.29, 0.717) is 37.6 Å². The van der Waals surface area contributed by atoms with Gasteiger partial charge in [-0.15, -0.1) is 24.8 Å². The molecule has 2 unspecified atom stereocenters. The smallest absolute Gasteiger partial charge is 0.410 e. The van der Waals surface area contributed by atoms with Crippen LogP contribution in [0.5, 0.6) is 11.5 Å². The zero-order valence-corrected chi connectivity index (χ0v) is 32.0. The first-order chi connectivity index (χ1) is 24.7. The summed E-state index contributed by atoms with van der Waals surface area (Å²) in [6.45, 7) is 8.25. The first-order valence-electron chi connectivity index (χ1n) is 17.4. The summed E-state index contributed by atoms with van der Waals surface area (Å²) >= 11 is 0. The van der Waals surface area contributed by atoms with Crippen LogP contribution in [0.1, 0.15) is 60.7 Å². The van der Waals surface area contributed by atoms with Gasteiger partial charge < -0.3 is 28.9 Å². The van der Waals surface area contributed by atoms with E-state index in [2.05, 4.69) is 9.97 Å². The van der Waals surface area contributed by atoms with E-state index in [0.717, 1.165) is 37.1 Å². The van der Waals surface area contributed by atoms with Crippen LogP contribution in [0.3, 0.4) is 0 Å². The van der Waals surface area contributed by atoms with Crippen molar-refractivity contribution in [2.75, 3.05) is 39.4 Å². The van der Waals surface area contributed by atoms with Gasteiger partial charge in [-0.25, -0.2) is 4.79 Å². The number of carbonyl (C=O) groups is 3. The van der Waals surface area contributed by atoms with Gasteiger partial charge in [-0.1, -0.05) is 36.4 Å². The molecule has 0 radical (unpaired) electrons. The lowest BCUT2D eigenvalue weighted by atomic mass is 10.0. The van der Waals surface area contributed by atoms with Crippen LogP contribution in [-0.4, -0.2) is 99.7 Å². The average molecular weight is 767 g/mol. The summed E-state index contributed by atoms with van der Waals surface area (Å²) in [6, 6.07) is 25.8. The molecule has 0 bridgehead atoms. The van der Waals surface area contributed by atoms with Crippen LogP contribution < -0.4 is 9.47 Å². The Hall–Kier alpha value is -4.87. The van der Waals surface area contributed by atoms with Gasteiger partial charge in [0, 0.05) is 49.7 Å². The minimum Gasteiger partial charge on any atom is -0.490 e. The van der Waals surface area contributed by atoms with Crippen molar-refractivity contribution >= 4 is 42.7 Å².